The Morgan fingerprint density at radius 1 is 1.19 bits per heavy atom. The fourth-order valence-corrected chi connectivity index (χ4v) is 3.13. The van der Waals surface area contributed by atoms with E-state index in [1.807, 2.05) is 30.3 Å². The lowest BCUT2D eigenvalue weighted by atomic mass is 10.1. The lowest BCUT2D eigenvalue weighted by Crippen LogP contribution is -2.06. The van der Waals surface area contributed by atoms with Crippen LogP contribution in [0.2, 0.25) is 0 Å². The third kappa shape index (κ3) is 2.63. The van der Waals surface area contributed by atoms with Crippen molar-refractivity contribution in [2.75, 3.05) is 7.11 Å². The first-order chi connectivity index (χ1) is 10.1. The van der Waals surface area contributed by atoms with E-state index in [0.29, 0.717) is 4.77 Å². The van der Waals surface area contributed by atoms with Gasteiger partial charge in [0.1, 0.15) is 5.75 Å². The molecule has 1 aromatic heterocycles. The molecule has 5 heteroatoms. The highest BCUT2D eigenvalue weighted by molar-refractivity contribution is 9.10. The summed E-state index contributed by atoms with van der Waals surface area (Å²) >= 11 is 8.96. The number of hydrogen-bond donors (Lipinski definition) is 1. The number of fused-ring (bicyclic) bond motifs is 1. The number of rotatable bonds is 3. The van der Waals surface area contributed by atoms with Crippen molar-refractivity contribution in [3.63, 3.8) is 0 Å². The molecular formula is C16H15BrN2OS. The number of hydrogen-bond acceptors (Lipinski definition) is 2. The van der Waals surface area contributed by atoms with Gasteiger partial charge in [0, 0.05) is 10.5 Å². The van der Waals surface area contributed by atoms with Crippen LogP contribution in [0.25, 0.3) is 11.0 Å². The van der Waals surface area contributed by atoms with E-state index in [4.69, 9.17) is 17.0 Å². The fraction of sp³-hybridized carbons (Fsp3) is 0.188. The largest absolute Gasteiger partial charge is 0.497 e. The lowest BCUT2D eigenvalue weighted by Gasteiger charge is -2.15. The average Bonchev–Trinajstić information content (AvgIpc) is 2.82. The Bertz CT molecular complexity index is 836. The molecule has 1 atom stereocenters. The molecule has 0 bridgehead atoms. The predicted molar refractivity (Wildman–Crippen MR) is 91.6 cm³/mol. The van der Waals surface area contributed by atoms with Gasteiger partial charge in [-0.1, -0.05) is 28.1 Å². The zero-order chi connectivity index (χ0) is 15.0. The number of aromatic amines is 1. The molecule has 108 valence electrons. The molecule has 0 aliphatic carbocycles. The van der Waals surface area contributed by atoms with Gasteiger partial charge in [0.25, 0.3) is 0 Å². The van der Waals surface area contributed by atoms with Gasteiger partial charge >= 0.3 is 0 Å². The molecule has 0 radical (unpaired) electrons. The van der Waals surface area contributed by atoms with Crippen molar-refractivity contribution in [3.8, 4) is 5.75 Å². The summed E-state index contributed by atoms with van der Waals surface area (Å²) in [6.45, 7) is 2.14. The maximum atomic E-state index is 5.49. The number of aromatic nitrogens is 2. The molecule has 1 unspecified atom stereocenters. The lowest BCUT2D eigenvalue weighted by molar-refractivity contribution is 0.415. The molecule has 21 heavy (non-hydrogen) atoms. The second-order valence-electron chi connectivity index (χ2n) is 4.91. The standard InChI is InChI=1S/C16H15BrN2OS/c1-10(11-3-5-12(17)6-4-11)19-15-9-13(20-2)7-8-14(15)18-16(19)21/h3-10H,1-2H3,(H,18,21). The molecular weight excluding hydrogens is 348 g/mol. The number of halogens is 1. The Morgan fingerprint density at radius 2 is 1.90 bits per heavy atom. The first-order valence-corrected chi connectivity index (χ1v) is 7.84. The molecule has 0 fully saturated rings. The second-order valence-corrected chi connectivity index (χ2v) is 6.21. The van der Waals surface area contributed by atoms with Crippen molar-refractivity contribution in [2.24, 2.45) is 0 Å². The second kappa shape index (κ2) is 5.66. The fourth-order valence-electron chi connectivity index (χ4n) is 2.50. The maximum absolute atomic E-state index is 5.49. The van der Waals surface area contributed by atoms with Crippen molar-refractivity contribution in [3.05, 3.63) is 57.3 Å². The molecule has 1 N–H and O–H groups in total. The van der Waals surface area contributed by atoms with Crippen LogP contribution in [0.3, 0.4) is 0 Å². The van der Waals surface area contributed by atoms with Crippen LogP contribution in [-0.4, -0.2) is 16.7 Å². The molecule has 3 rings (SSSR count). The van der Waals surface area contributed by atoms with Gasteiger partial charge in [0.15, 0.2) is 4.77 Å². The van der Waals surface area contributed by atoms with Gasteiger partial charge in [-0.2, -0.15) is 0 Å². The molecule has 0 spiro atoms. The maximum Gasteiger partial charge on any atom is 0.178 e. The van der Waals surface area contributed by atoms with Gasteiger partial charge < -0.3 is 14.3 Å². The summed E-state index contributed by atoms with van der Waals surface area (Å²) in [6, 6.07) is 14.4. The van der Waals surface area contributed by atoms with Crippen molar-refractivity contribution >= 4 is 39.2 Å². The summed E-state index contributed by atoms with van der Waals surface area (Å²) in [4.78, 5) is 3.25. The number of ether oxygens (including phenoxy) is 1. The summed E-state index contributed by atoms with van der Waals surface area (Å²) in [7, 11) is 1.67. The predicted octanol–water partition coefficient (Wildman–Crippen LogP) is 5.08. The Kier molecular flexibility index (Phi) is 3.87. The van der Waals surface area contributed by atoms with E-state index in [1.165, 1.54) is 5.56 Å². The van der Waals surface area contributed by atoms with Crippen LogP contribution in [0.1, 0.15) is 18.5 Å². The van der Waals surface area contributed by atoms with Crippen molar-refractivity contribution in [1.29, 1.82) is 0 Å². The third-order valence-corrected chi connectivity index (χ3v) is 4.49. The summed E-state index contributed by atoms with van der Waals surface area (Å²) in [5.41, 5.74) is 3.28. The number of imidazole rings is 1. The Labute approximate surface area is 136 Å². The van der Waals surface area contributed by atoms with Crippen LogP contribution in [0.15, 0.2) is 46.9 Å². The molecule has 0 aliphatic rings. The van der Waals surface area contributed by atoms with Gasteiger partial charge in [-0.3, -0.25) is 0 Å². The highest BCUT2D eigenvalue weighted by Crippen LogP contribution is 2.27. The van der Waals surface area contributed by atoms with E-state index in [1.54, 1.807) is 7.11 Å². The van der Waals surface area contributed by atoms with Crippen LogP contribution >= 0.6 is 28.1 Å². The Morgan fingerprint density at radius 3 is 2.57 bits per heavy atom. The van der Waals surface area contributed by atoms with E-state index in [9.17, 15) is 0 Å². The minimum Gasteiger partial charge on any atom is -0.497 e. The van der Waals surface area contributed by atoms with E-state index in [2.05, 4.69) is 44.5 Å². The monoisotopic (exact) mass is 362 g/mol. The van der Waals surface area contributed by atoms with E-state index in [0.717, 1.165) is 21.3 Å². The Hall–Kier alpha value is -1.59. The highest BCUT2D eigenvalue weighted by Gasteiger charge is 2.13. The zero-order valence-corrected chi connectivity index (χ0v) is 14.2. The molecule has 0 amide bonds. The van der Waals surface area contributed by atoms with Gasteiger partial charge in [0.2, 0.25) is 0 Å². The van der Waals surface area contributed by atoms with Crippen LogP contribution < -0.4 is 4.74 Å². The molecule has 3 aromatic rings. The van der Waals surface area contributed by atoms with Crippen molar-refractivity contribution < 1.29 is 4.74 Å². The first kappa shape index (κ1) is 14.4. The van der Waals surface area contributed by atoms with Crippen LogP contribution in [0, 0.1) is 4.77 Å². The van der Waals surface area contributed by atoms with E-state index in [-0.39, 0.29) is 6.04 Å². The number of nitrogens with one attached hydrogen (secondary N) is 1. The minimum absolute atomic E-state index is 0.145. The molecule has 0 saturated carbocycles. The van der Waals surface area contributed by atoms with Gasteiger partial charge in [-0.25, -0.2) is 0 Å². The van der Waals surface area contributed by atoms with Crippen molar-refractivity contribution in [1.82, 2.24) is 9.55 Å². The molecule has 0 aliphatic heterocycles. The summed E-state index contributed by atoms with van der Waals surface area (Å²) < 4.78 is 9.23. The topological polar surface area (TPSA) is 29.9 Å². The van der Waals surface area contributed by atoms with Gasteiger partial charge in [-0.15, -0.1) is 0 Å². The van der Waals surface area contributed by atoms with Crippen LogP contribution in [-0.2, 0) is 0 Å². The summed E-state index contributed by atoms with van der Waals surface area (Å²) in [6.07, 6.45) is 0. The first-order valence-electron chi connectivity index (χ1n) is 6.64. The minimum atomic E-state index is 0.145. The normalized spacial score (nSPS) is 12.5. The Balaban J connectivity index is 2.16. The van der Waals surface area contributed by atoms with Crippen molar-refractivity contribution in [2.45, 2.75) is 13.0 Å². The highest BCUT2D eigenvalue weighted by atomic mass is 79.9. The third-order valence-electron chi connectivity index (χ3n) is 3.66. The number of nitrogens with zero attached hydrogens (tertiary/aromatic N) is 1. The summed E-state index contributed by atoms with van der Waals surface area (Å²) in [5.74, 6) is 0.827. The van der Waals surface area contributed by atoms with Crippen LogP contribution in [0.4, 0.5) is 0 Å². The molecule has 2 aromatic carbocycles. The smallest absolute Gasteiger partial charge is 0.178 e. The number of methoxy groups -OCH3 is 1. The van der Waals surface area contributed by atoms with Crippen LogP contribution in [0.5, 0.6) is 5.75 Å². The van der Waals surface area contributed by atoms with Gasteiger partial charge in [0.05, 0.1) is 24.2 Å². The quantitative estimate of drug-likeness (QED) is 0.658. The number of benzene rings is 2. The zero-order valence-electron chi connectivity index (χ0n) is 11.8. The van der Waals surface area contributed by atoms with E-state index < -0.39 is 0 Å². The molecule has 0 saturated heterocycles. The molecule has 3 nitrogen and oxygen atoms in total. The summed E-state index contributed by atoms with van der Waals surface area (Å²) in [5, 5.41) is 0. The SMILES string of the molecule is COc1ccc2[nH]c(=S)n(C(C)c3ccc(Br)cc3)c2c1. The average molecular weight is 363 g/mol. The van der Waals surface area contributed by atoms with E-state index >= 15 is 0 Å². The number of H-pyrrole nitrogens is 1. The van der Waals surface area contributed by atoms with Gasteiger partial charge in [-0.05, 0) is 49.0 Å². The molecule has 1 heterocycles.